The predicted octanol–water partition coefficient (Wildman–Crippen LogP) is 1.59. The molecule has 0 aromatic heterocycles. The van der Waals surface area contributed by atoms with E-state index in [2.05, 4.69) is 10.6 Å². The second-order valence-electron chi connectivity index (χ2n) is 6.53. The molecule has 2 N–H and O–H groups in total. The molecule has 3 aliphatic heterocycles. The maximum absolute atomic E-state index is 12.6. The van der Waals surface area contributed by atoms with Gasteiger partial charge < -0.3 is 20.3 Å². The molecule has 3 aliphatic rings. The van der Waals surface area contributed by atoms with Crippen molar-refractivity contribution < 1.29 is 14.3 Å². The van der Waals surface area contributed by atoms with E-state index in [1.165, 1.54) is 0 Å². The van der Waals surface area contributed by atoms with Crippen LogP contribution in [0.5, 0.6) is 0 Å². The lowest BCUT2D eigenvalue weighted by atomic mass is 9.84. The number of piperidine rings is 1. The monoisotopic (exact) mass is 315 g/mol. The summed E-state index contributed by atoms with van der Waals surface area (Å²) in [4.78, 5) is 26.8. The summed E-state index contributed by atoms with van der Waals surface area (Å²) in [6.07, 6.45) is 2.72. The number of fused-ring (bicyclic) bond motifs is 1. The number of amides is 2. The fourth-order valence-corrected chi connectivity index (χ4v) is 3.69. The van der Waals surface area contributed by atoms with Gasteiger partial charge in [-0.1, -0.05) is 12.1 Å². The average Bonchev–Trinajstić information content (AvgIpc) is 3.11. The van der Waals surface area contributed by atoms with Crippen molar-refractivity contribution in [1.82, 2.24) is 4.90 Å². The van der Waals surface area contributed by atoms with E-state index < -0.39 is 5.54 Å². The molecule has 0 aliphatic carbocycles. The van der Waals surface area contributed by atoms with Crippen molar-refractivity contribution in [3.05, 3.63) is 24.3 Å². The number of benzene rings is 1. The van der Waals surface area contributed by atoms with E-state index >= 15 is 0 Å². The number of rotatable bonds is 1. The normalized spacial score (nSPS) is 25.7. The van der Waals surface area contributed by atoms with Crippen LogP contribution >= 0.6 is 0 Å². The number of hydrogen-bond donors (Lipinski definition) is 2. The van der Waals surface area contributed by atoms with Crippen molar-refractivity contribution in [3.63, 3.8) is 0 Å². The Hall–Kier alpha value is -2.08. The number of ether oxygens (including phenoxy) is 1. The van der Waals surface area contributed by atoms with Crippen molar-refractivity contribution >= 4 is 23.2 Å². The molecule has 2 fully saturated rings. The fraction of sp³-hybridized carbons (Fsp3) is 0.529. The lowest BCUT2D eigenvalue weighted by molar-refractivity contribution is -0.143. The van der Waals surface area contributed by atoms with Gasteiger partial charge in [0.15, 0.2) is 0 Å². The summed E-state index contributed by atoms with van der Waals surface area (Å²) in [7, 11) is 0. The third-order valence-electron chi connectivity index (χ3n) is 5.12. The molecule has 6 heteroatoms. The molecule has 0 radical (unpaired) electrons. The number of hydrogen-bond acceptors (Lipinski definition) is 4. The first-order chi connectivity index (χ1) is 11.2. The number of nitrogens with one attached hydrogen (secondary N) is 2. The van der Waals surface area contributed by atoms with Gasteiger partial charge >= 0.3 is 0 Å². The third kappa shape index (κ3) is 2.47. The van der Waals surface area contributed by atoms with Gasteiger partial charge in [-0.3, -0.25) is 9.59 Å². The first kappa shape index (κ1) is 14.5. The van der Waals surface area contributed by atoms with Crippen molar-refractivity contribution in [2.75, 3.05) is 30.3 Å². The zero-order valence-electron chi connectivity index (χ0n) is 13.0. The van der Waals surface area contributed by atoms with Gasteiger partial charge in [-0.15, -0.1) is 0 Å². The highest BCUT2D eigenvalue weighted by atomic mass is 16.5. The number of likely N-dealkylation sites (tertiary alicyclic amines) is 1. The quantitative estimate of drug-likeness (QED) is 0.826. The standard InChI is InChI=1S/C17H21N3O3/c21-15(14-6-3-11-23-14)20-9-7-17(8-10-20)16(22)18-12-4-1-2-5-13(12)19-17/h1-2,4-5,14,19H,3,6-11H2,(H,18,22). The van der Waals surface area contributed by atoms with E-state index in [1.54, 1.807) is 0 Å². The Kier molecular flexibility index (Phi) is 3.49. The van der Waals surface area contributed by atoms with Gasteiger partial charge in [-0.2, -0.15) is 0 Å². The van der Waals surface area contributed by atoms with E-state index in [4.69, 9.17) is 4.74 Å². The molecule has 0 bridgehead atoms. The second kappa shape index (κ2) is 5.53. The lowest BCUT2D eigenvalue weighted by Gasteiger charge is -2.44. The lowest BCUT2D eigenvalue weighted by Crippen LogP contribution is -2.59. The molecule has 2 saturated heterocycles. The molecule has 1 aromatic carbocycles. The molecule has 3 heterocycles. The minimum Gasteiger partial charge on any atom is -0.369 e. The zero-order valence-corrected chi connectivity index (χ0v) is 13.0. The Balaban J connectivity index is 1.46. The molecule has 2 amide bonds. The highest BCUT2D eigenvalue weighted by Gasteiger charge is 2.45. The molecule has 122 valence electrons. The Labute approximate surface area is 135 Å². The van der Waals surface area contributed by atoms with Crippen LogP contribution < -0.4 is 10.6 Å². The van der Waals surface area contributed by atoms with Gasteiger partial charge in [0.1, 0.15) is 11.6 Å². The highest BCUT2D eigenvalue weighted by Crippen LogP contribution is 2.36. The molecule has 23 heavy (non-hydrogen) atoms. The summed E-state index contributed by atoms with van der Waals surface area (Å²) in [6, 6.07) is 7.72. The van der Waals surface area contributed by atoms with E-state index in [-0.39, 0.29) is 17.9 Å². The Morgan fingerprint density at radius 3 is 2.65 bits per heavy atom. The summed E-state index contributed by atoms with van der Waals surface area (Å²) in [5.41, 5.74) is 1.16. The zero-order chi connectivity index (χ0) is 15.9. The van der Waals surface area contributed by atoms with Crippen molar-refractivity contribution in [2.45, 2.75) is 37.3 Å². The first-order valence-electron chi connectivity index (χ1n) is 8.27. The van der Waals surface area contributed by atoms with Crippen molar-refractivity contribution in [1.29, 1.82) is 0 Å². The number of nitrogens with zero attached hydrogens (tertiary/aromatic N) is 1. The van der Waals surface area contributed by atoms with E-state index in [9.17, 15) is 9.59 Å². The van der Waals surface area contributed by atoms with E-state index in [1.807, 2.05) is 29.2 Å². The summed E-state index contributed by atoms with van der Waals surface area (Å²) in [5, 5.41) is 6.40. The molecular formula is C17H21N3O3. The minimum absolute atomic E-state index is 0.000385. The van der Waals surface area contributed by atoms with Crippen LogP contribution in [0.15, 0.2) is 24.3 Å². The highest BCUT2D eigenvalue weighted by molar-refractivity contribution is 6.06. The Bertz CT molecular complexity index is 632. The predicted molar refractivity (Wildman–Crippen MR) is 86.2 cm³/mol. The molecule has 0 saturated carbocycles. The summed E-state index contributed by atoms with van der Waals surface area (Å²) < 4.78 is 5.49. The Morgan fingerprint density at radius 1 is 1.22 bits per heavy atom. The number of para-hydroxylation sites is 2. The number of carbonyl (C=O) groups is 2. The van der Waals surface area contributed by atoms with E-state index in [0.717, 1.165) is 24.2 Å². The molecular weight excluding hydrogens is 294 g/mol. The van der Waals surface area contributed by atoms with Gasteiger partial charge in [-0.05, 0) is 37.8 Å². The molecule has 6 nitrogen and oxygen atoms in total. The molecule has 1 atom stereocenters. The van der Waals surface area contributed by atoms with Gasteiger partial charge in [0.2, 0.25) is 5.91 Å². The molecule has 1 spiro atoms. The maximum atomic E-state index is 12.6. The largest absolute Gasteiger partial charge is 0.369 e. The van der Waals surface area contributed by atoms with Gasteiger partial charge in [0.05, 0.1) is 11.4 Å². The van der Waals surface area contributed by atoms with Crippen LogP contribution in [-0.2, 0) is 14.3 Å². The van der Waals surface area contributed by atoms with Gasteiger partial charge in [-0.25, -0.2) is 0 Å². The van der Waals surface area contributed by atoms with Crippen LogP contribution in [0.3, 0.4) is 0 Å². The SMILES string of the molecule is O=C(C1CCCO1)N1CCC2(CC1)Nc1ccccc1NC2=O. The second-order valence-corrected chi connectivity index (χ2v) is 6.53. The number of carbonyl (C=O) groups excluding carboxylic acids is 2. The van der Waals surface area contributed by atoms with Gasteiger partial charge in [0.25, 0.3) is 5.91 Å². The van der Waals surface area contributed by atoms with Crippen LogP contribution in [0.25, 0.3) is 0 Å². The van der Waals surface area contributed by atoms with Crippen LogP contribution in [0, 0.1) is 0 Å². The smallest absolute Gasteiger partial charge is 0.251 e. The molecule has 1 unspecified atom stereocenters. The average molecular weight is 315 g/mol. The van der Waals surface area contributed by atoms with Crippen LogP contribution in [0.1, 0.15) is 25.7 Å². The molecule has 1 aromatic rings. The minimum atomic E-state index is -0.609. The van der Waals surface area contributed by atoms with E-state index in [0.29, 0.717) is 32.5 Å². The van der Waals surface area contributed by atoms with Crippen LogP contribution in [0.2, 0.25) is 0 Å². The molecule has 4 rings (SSSR count). The number of anilines is 2. The first-order valence-corrected chi connectivity index (χ1v) is 8.27. The summed E-state index contributed by atoms with van der Waals surface area (Å²) >= 11 is 0. The van der Waals surface area contributed by atoms with Crippen LogP contribution in [-0.4, -0.2) is 48.1 Å². The van der Waals surface area contributed by atoms with Crippen molar-refractivity contribution in [3.8, 4) is 0 Å². The fourth-order valence-electron chi connectivity index (χ4n) is 3.69. The topological polar surface area (TPSA) is 70.7 Å². The van der Waals surface area contributed by atoms with Crippen molar-refractivity contribution in [2.24, 2.45) is 0 Å². The summed E-state index contributed by atoms with van der Waals surface area (Å²) in [6.45, 7) is 1.84. The van der Waals surface area contributed by atoms with Crippen LogP contribution in [0.4, 0.5) is 11.4 Å². The van der Waals surface area contributed by atoms with Gasteiger partial charge in [0, 0.05) is 19.7 Å². The third-order valence-corrected chi connectivity index (χ3v) is 5.12. The maximum Gasteiger partial charge on any atom is 0.251 e. The summed E-state index contributed by atoms with van der Waals surface area (Å²) in [5.74, 6) is 0.0781. The Morgan fingerprint density at radius 2 is 1.96 bits per heavy atom.